The van der Waals surface area contributed by atoms with Crippen molar-refractivity contribution >= 4 is 41.3 Å². The summed E-state index contributed by atoms with van der Waals surface area (Å²) in [6, 6.07) is 0.349. The second-order valence-electron chi connectivity index (χ2n) is 3.42. The normalized spacial score (nSPS) is 18.4. The molecule has 3 nitrogen and oxygen atoms in total. The van der Waals surface area contributed by atoms with Crippen LogP contribution in [-0.4, -0.2) is 17.6 Å². The highest BCUT2D eigenvalue weighted by atomic mass is 35.5. The predicted octanol–water partition coefficient (Wildman–Crippen LogP) is 2.23. The Morgan fingerprint density at radius 1 is 1.53 bits per heavy atom. The van der Waals surface area contributed by atoms with Gasteiger partial charge in [0.1, 0.15) is 0 Å². The SMILES string of the molecule is CCNc1nc2c(s1)CC(N)CC2.Cl.Cl. The van der Waals surface area contributed by atoms with Crippen LogP contribution in [0.3, 0.4) is 0 Å². The van der Waals surface area contributed by atoms with E-state index in [1.807, 2.05) is 0 Å². The Labute approximate surface area is 107 Å². The number of nitrogens with two attached hydrogens (primary N) is 1. The lowest BCUT2D eigenvalue weighted by Crippen LogP contribution is -2.26. The van der Waals surface area contributed by atoms with Gasteiger partial charge in [-0.05, 0) is 26.2 Å². The molecule has 1 atom stereocenters. The summed E-state index contributed by atoms with van der Waals surface area (Å²) in [6.07, 6.45) is 3.15. The van der Waals surface area contributed by atoms with Gasteiger partial charge in [-0.2, -0.15) is 0 Å². The Kier molecular flexibility index (Phi) is 6.52. The van der Waals surface area contributed by atoms with Crippen LogP contribution in [0.15, 0.2) is 0 Å². The van der Waals surface area contributed by atoms with Crippen molar-refractivity contribution in [2.24, 2.45) is 5.73 Å². The van der Waals surface area contributed by atoms with E-state index in [1.165, 1.54) is 10.6 Å². The van der Waals surface area contributed by atoms with Crippen molar-refractivity contribution in [1.29, 1.82) is 0 Å². The van der Waals surface area contributed by atoms with Crippen LogP contribution in [0.2, 0.25) is 0 Å². The van der Waals surface area contributed by atoms with Gasteiger partial charge in [-0.1, -0.05) is 0 Å². The molecule has 15 heavy (non-hydrogen) atoms. The van der Waals surface area contributed by atoms with Gasteiger partial charge in [-0.25, -0.2) is 4.98 Å². The van der Waals surface area contributed by atoms with Crippen molar-refractivity contribution in [3.63, 3.8) is 0 Å². The Balaban J connectivity index is 0.000000980. The van der Waals surface area contributed by atoms with Crippen molar-refractivity contribution in [1.82, 2.24) is 4.98 Å². The number of nitrogens with one attached hydrogen (secondary N) is 1. The zero-order valence-corrected chi connectivity index (χ0v) is 11.1. The molecule has 1 aromatic heterocycles. The lowest BCUT2D eigenvalue weighted by molar-refractivity contribution is 0.576. The van der Waals surface area contributed by atoms with Crippen molar-refractivity contribution in [2.75, 3.05) is 11.9 Å². The molecule has 0 saturated heterocycles. The van der Waals surface area contributed by atoms with E-state index in [9.17, 15) is 0 Å². The number of aromatic nitrogens is 1. The van der Waals surface area contributed by atoms with Gasteiger partial charge in [-0.15, -0.1) is 36.2 Å². The van der Waals surface area contributed by atoms with E-state index in [0.717, 1.165) is 30.9 Å². The molecule has 0 spiro atoms. The molecule has 3 N–H and O–H groups in total. The maximum atomic E-state index is 5.89. The fourth-order valence-corrected chi connectivity index (χ4v) is 2.80. The molecule has 0 bridgehead atoms. The quantitative estimate of drug-likeness (QED) is 0.866. The lowest BCUT2D eigenvalue weighted by Gasteiger charge is -2.15. The summed E-state index contributed by atoms with van der Waals surface area (Å²) < 4.78 is 0. The minimum absolute atomic E-state index is 0. The van der Waals surface area contributed by atoms with E-state index >= 15 is 0 Å². The van der Waals surface area contributed by atoms with Crippen LogP contribution in [0.1, 0.15) is 23.9 Å². The second kappa shape index (κ2) is 6.53. The average molecular weight is 270 g/mol. The molecule has 6 heteroatoms. The van der Waals surface area contributed by atoms with E-state index in [4.69, 9.17) is 5.73 Å². The molecule has 0 aromatic carbocycles. The maximum Gasteiger partial charge on any atom is 0.183 e. The highest BCUT2D eigenvalue weighted by Gasteiger charge is 2.19. The van der Waals surface area contributed by atoms with Gasteiger partial charge in [0, 0.05) is 17.5 Å². The fourth-order valence-electron chi connectivity index (χ4n) is 1.63. The smallest absolute Gasteiger partial charge is 0.183 e. The van der Waals surface area contributed by atoms with Gasteiger partial charge >= 0.3 is 0 Å². The van der Waals surface area contributed by atoms with Gasteiger partial charge in [-0.3, -0.25) is 0 Å². The number of hydrogen-bond donors (Lipinski definition) is 2. The van der Waals surface area contributed by atoms with Crippen molar-refractivity contribution in [3.8, 4) is 0 Å². The zero-order valence-electron chi connectivity index (χ0n) is 8.66. The summed E-state index contributed by atoms with van der Waals surface area (Å²) in [4.78, 5) is 5.91. The van der Waals surface area contributed by atoms with E-state index in [0.29, 0.717) is 6.04 Å². The summed E-state index contributed by atoms with van der Waals surface area (Å²) in [7, 11) is 0. The van der Waals surface area contributed by atoms with Crippen molar-refractivity contribution in [2.45, 2.75) is 32.2 Å². The maximum absolute atomic E-state index is 5.89. The second-order valence-corrected chi connectivity index (χ2v) is 4.51. The molecule has 1 aromatic rings. The highest BCUT2D eigenvalue weighted by molar-refractivity contribution is 7.15. The molecule has 0 saturated carbocycles. The first kappa shape index (κ1) is 15.0. The first-order chi connectivity index (χ1) is 6.29. The molecule has 88 valence electrons. The molecule has 0 radical (unpaired) electrons. The highest BCUT2D eigenvalue weighted by Crippen LogP contribution is 2.28. The zero-order chi connectivity index (χ0) is 9.26. The number of hydrogen-bond acceptors (Lipinski definition) is 4. The van der Waals surface area contributed by atoms with E-state index < -0.39 is 0 Å². The Morgan fingerprint density at radius 3 is 2.93 bits per heavy atom. The summed E-state index contributed by atoms with van der Waals surface area (Å²) in [6.45, 7) is 3.03. The molecule has 0 fully saturated rings. The van der Waals surface area contributed by atoms with E-state index in [-0.39, 0.29) is 24.8 Å². The monoisotopic (exact) mass is 269 g/mol. The van der Waals surface area contributed by atoms with E-state index in [2.05, 4.69) is 17.2 Å². The number of rotatable bonds is 2. The standard InChI is InChI=1S/C9H15N3S.2ClH/c1-2-11-9-12-7-4-3-6(10)5-8(7)13-9;;/h6H,2-5,10H2,1H3,(H,11,12);2*1H. The van der Waals surface area contributed by atoms with Gasteiger partial charge in [0.25, 0.3) is 0 Å². The van der Waals surface area contributed by atoms with Crippen LogP contribution in [0, 0.1) is 0 Å². The minimum Gasteiger partial charge on any atom is -0.362 e. The first-order valence-electron chi connectivity index (χ1n) is 4.77. The number of nitrogens with zero attached hydrogens (tertiary/aromatic N) is 1. The average Bonchev–Trinajstić information content (AvgIpc) is 2.46. The fraction of sp³-hybridized carbons (Fsp3) is 0.667. The largest absolute Gasteiger partial charge is 0.362 e. The Hall–Kier alpha value is -0.0300. The van der Waals surface area contributed by atoms with E-state index in [1.54, 1.807) is 11.3 Å². The van der Waals surface area contributed by atoms with Crippen LogP contribution in [0.25, 0.3) is 0 Å². The third-order valence-electron chi connectivity index (χ3n) is 2.31. The molecular weight excluding hydrogens is 253 g/mol. The molecule has 1 aliphatic rings. The third kappa shape index (κ3) is 3.48. The van der Waals surface area contributed by atoms with Gasteiger partial charge < -0.3 is 11.1 Å². The Bertz CT molecular complexity index is 304. The topological polar surface area (TPSA) is 50.9 Å². The van der Waals surface area contributed by atoms with Gasteiger partial charge in [0.15, 0.2) is 5.13 Å². The van der Waals surface area contributed by atoms with Crippen LogP contribution < -0.4 is 11.1 Å². The summed E-state index contributed by atoms with van der Waals surface area (Å²) >= 11 is 1.76. The number of aryl methyl sites for hydroxylation is 1. The van der Waals surface area contributed by atoms with Gasteiger partial charge in [0.05, 0.1) is 5.69 Å². The van der Waals surface area contributed by atoms with Crippen molar-refractivity contribution < 1.29 is 0 Å². The van der Waals surface area contributed by atoms with Crippen LogP contribution in [0.5, 0.6) is 0 Å². The molecule has 0 amide bonds. The summed E-state index contributed by atoms with van der Waals surface area (Å²) in [5.41, 5.74) is 7.16. The lowest BCUT2D eigenvalue weighted by atomic mass is 9.99. The molecule has 1 heterocycles. The predicted molar refractivity (Wildman–Crippen MR) is 70.8 cm³/mol. The molecule has 2 rings (SSSR count). The van der Waals surface area contributed by atoms with Crippen LogP contribution >= 0.6 is 36.2 Å². The number of fused-ring (bicyclic) bond motifs is 1. The Morgan fingerprint density at radius 2 is 2.27 bits per heavy atom. The molecule has 1 aliphatic carbocycles. The first-order valence-corrected chi connectivity index (χ1v) is 5.59. The van der Waals surface area contributed by atoms with Gasteiger partial charge in [0.2, 0.25) is 0 Å². The number of thiazole rings is 1. The number of anilines is 1. The summed E-state index contributed by atoms with van der Waals surface area (Å²) in [5.74, 6) is 0. The molecule has 1 unspecified atom stereocenters. The summed E-state index contributed by atoms with van der Waals surface area (Å²) in [5, 5.41) is 4.30. The number of halogens is 2. The molecular formula is C9H17Cl2N3S. The third-order valence-corrected chi connectivity index (χ3v) is 3.38. The van der Waals surface area contributed by atoms with Crippen molar-refractivity contribution in [3.05, 3.63) is 10.6 Å². The van der Waals surface area contributed by atoms with Crippen LogP contribution in [0.4, 0.5) is 5.13 Å². The molecule has 0 aliphatic heterocycles. The van der Waals surface area contributed by atoms with Crippen LogP contribution in [-0.2, 0) is 12.8 Å². The minimum atomic E-state index is 0.